The summed E-state index contributed by atoms with van der Waals surface area (Å²) in [7, 11) is 0. The number of carbonyl (C=O) groups is 1. The lowest BCUT2D eigenvalue weighted by atomic mass is 10.2. The number of aryl methyl sites for hydroxylation is 1. The topological polar surface area (TPSA) is 46.1 Å². The molecule has 2 aromatic rings. The molecule has 4 nitrogen and oxygen atoms in total. The molecule has 18 heavy (non-hydrogen) atoms. The number of benzene rings is 1. The Labute approximate surface area is 111 Å². The predicted octanol–water partition coefficient (Wildman–Crippen LogP) is 2.05. The van der Waals surface area contributed by atoms with E-state index in [0.717, 1.165) is 5.69 Å². The van der Waals surface area contributed by atoms with Gasteiger partial charge in [0.1, 0.15) is 0 Å². The van der Waals surface area contributed by atoms with E-state index in [-0.39, 0.29) is 11.0 Å². The summed E-state index contributed by atoms with van der Waals surface area (Å²) in [6, 6.07) is 12.8. The summed E-state index contributed by atoms with van der Waals surface area (Å²) in [6.45, 7) is 1.94. The smallest absolute Gasteiger partial charge is 0.257 e. The van der Waals surface area contributed by atoms with Gasteiger partial charge in [0.25, 0.3) is 5.91 Å². The maximum Gasteiger partial charge on any atom is 0.257 e. The number of hydrogen-bond acceptors (Lipinski definition) is 2. The van der Waals surface area contributed by atoms with Crippen molar-refractivity contribution in [3.05, 3.63) is 59.9 Å². The minimum absolute atomic E-state index is 0.224. The molecule has 0 atom stereocenters. The van der Waals surface area contributed by atoms with Gasteiger partial charge in [0.2, 0.25) is 0 Å². The molecule has 0 spiro atoms. The van der Waals surface area contributed by atoms with Crippen molar-refractivity contribution < 1.29 is 4.79 Å². The van der Waals surface area contributed by atoms with Crippen molar-refractivity contribution in [1.29, 1.82) is 0 Å². The molecule has 2 N–H and O–H groups in total. The Morgan fingerprint density at radius 1 is 1.17 bits per heavy atom. The molecule has 0 fully saturated rings. The molecule has 0 aliphatic rings. The molecule has 1 heterocycles. The Kier molecular flexibility index (Phi) is 3.74. The van der Waals surface area contributed by atoms with E-state index in [4.69, 9.17) is 12.2 Å². The van der Waals surface area contributed by atoms with Gasteiger partial charge in [-0.25, -0.2) is 0 Å². The highest BCUT2D eigenvalue weighted by Gasteiger charge is 2.07. The van der Waals surface area contributed by atoms with Crippen molar-refractivity contribution in [3.63, 3.8) is 0 Å². The lowest BCUT2D eigenvalue weighted by Crippen LogP contribution is -2.38. The fourth-order valence-corrected chi connectivity index (χ4v) is 1.68. The van der Waals surface area contributed by atoms with Gasteiger partial charge < -0.3 is 0 Å². The van der Waals surface area contributed by atoms with Gasteiger partial charge >= 0.3 is 0 Å². The molecule has 1 amide bonds. The van der Waals surface area contributed by atoms with Crippen LogP contribution in [0.15, 0.2) is 48.7 Å². The van der Waals surface area contributed by atoms with E-state index in [1.165, 1.54) is 0 Å². The second-order valence-corrected chi connectivity index (χ2v) is 4.19. The summed E-state index contributed by atoms with van der Waals surface area (Å²) in [5.74, 6) is -0.224. The van der Waals surface area contributed by atoms with Crippen LogP contribution in [-0.2, 0) is 0 Å². The lowest BCUT2D eigenvalue weighted by molar-refractivity contribution is 0.0977. The minimum Gasteiger partial charge on any atom is -0.298 e. The molecule has 92 valence electrons. The summed E-state index contributed by atoms with van der Waals surface area (Å²) < 4.78 is 1.74. The van der Waals surface area contributed by atoms with Crippen LogP contribution in [0, 0.1) is 6.92 Å². The van der Waals surface area contributed by atoms with E-state index in [2.05, 4.69) is 10.7 Å². The van der Waals surface area contributed by atoms with Gasteiger partial charge in [-0.05, 0) is 43.4 Å². The van der Waals surface area contributed by atoms with Crippen LogP contribution in [0.3, 0.4) is 0 Å². The van der Waals surface area contributed by atoms with Crippen molar-refractivity contribution in [2.45, 2.75) is 6.92 Å². The third kappa shape index (κ3) is 2.95. The van der Waals surface area contributed by atoms with Crippen LogP contribution < -0.4 is 10.7 Å². The predicted molar refractivity (Wildman–Crippen MR) is 75.0 cm³/mol. The first kappa shape index (κ1) is 12.3. The van der Waals surface area contributed by atoms with Crippen molar-refractivity contribution in [1.82, 2.24) is 9.99 Å². The average molecular weight is 259 g/mol. The number of amides is 1. The molecule has 0 aliphatic carbocycles. The molecule has 1 aromatic heterocycles. The first-order valence-electron chi connectivity index (χ1n) is 5.48. The number of hydrogen-bond donors (Lipinski definition) is 2. The molecule has 0 aliphatic heterocycles. The molecular weight excluding hydrogens is 246 g/mol. The first-order valence-corrected chi connectivity index (χ1v) is 5.89. The summed E-state index contributed by atoms with van der Waals surface area (Å²) in [5.41, 5.74) is 4.49. The first-order chi connectivity index (χ1) is 8.66. The fraction of sp³-hybridized carbons (Fsp3) is 0.0769. The summed E-state index contributed by atoms with van der Waals surface area (Å²) in [4.78, 5) is 11.8. The lowest BCUT2D eigenvalue weighted by Gasteiger charge is -2.11. The highest BCUT2D eigenvalue weighted by Crippen LogP contribution is 1.99. The van der Waals surface area contributed by atoms with E-state index in [1.807, 2.05) is 43.5 Å². The standard InChI is InChI=1S/C13H13N3OS/c1-10-6-5-9-16(10)15-13(18)14-12(17)11-7-3-2-4-8-11/h2-9H,1H3,(H2,14,15,17,18). The fourth-order valence-electron chi connectivity index (χ4n) is 1.49. The Morgan fingerprint density at radius 3 is 2.50 bits per heavy atom. The third-order valence-corrected chi connectivity index (χ3v) is 2.63. The van der Waals surface area contributed by atoms with Crippen molar-refractivity contribution in [3.8, 4) is 0 Å². The number of thiocarbonyl (C=S) groups is 1. The highest BCUT2D eigenvalue weighted by atomic mass is 32.1. The minimum atomic E-state index is -0.224. The molecule has 1 aromatic carbocycles. The van der Waals surface area contributed by atoms with Gasteiger partial charge in [0, 0.05) is 17.5 Å². The maximum atomic E-state index is 11.8. The summed E-state index contributed by atoms with van der Waals surface area (Å²) >= 11 is 5.07. The van der Waals surface area contributed by atoms with Gasteiger partial charge in [-0.2, -0.15) is 0 Å². The van der Waals surface area contributed by atoms with Crippen LogP contribution in [-0.4, -0.2) is 15.7 Å². The van der Waals surface area contributed by atoms with E-state index < -0.39 is 0 Å². The number of carbonyl (C=O) groups excluding carboxylic acids is 1. The zero-order valence-corrected chi connectivity index (χ0v) is 10.7. The van der Waals surface area contributed by atoms with E-state index >= 15 is 0 Å². The molecule has 2 rings (SSSR count). The van der Waals surface area contributed by atoms with E-state index in [9.17, 15) is 4.79 Å². The van der Waals surface area contributed by atoms with Gasteiger partial charge in [-0.3, -0.25) is 20.2 Å². The Balaban J connectivity index is 1.96. The molecule has 5 heteroatoms. The second-order valence-electron chi connectivity index (χ2n) is 3.78. The molecule has 0 radical (unpaired) electrons. The van der Waals surface area contributed by atoms with Crippen LogP contribution in [0.5, 0.6) is 0 Å². The number of nitrogens with one attached hydrogen (secondary N) is 2. The highest BCUT2D eigenvalue weighted by molar-refractivity contribution is 7.80. The molecule has 0 saturated carbocycles. The zero-order valence-electron chi connectivity index (χ0n) is 9.88. The van der Waals surface area contributed by atoms with Crippen LogP contribution in [0.2, 0.25) is 0 Å². The second kappa shape index (κ2) is 5.46. The van der Waals surface area contributed by atoms with Gasteiger partial charge in [-0.1, -0.05) is 18.2 Å². The Morgan fingerprint density at radius 2 is 1.89 bits per heavy atom. The van der Waals surface area contributed by atoms with Gasteiger partial charge in [-0.15, -0.1) is 0 Å². The Hall–Kier alpha value is -2.14. The molecule has 0 bridgehead atoms. The normalized spacial score (nSPS) is 9.83. The molecule has 0 unspecified atom stereocenters. The average Bonchev–Trinajstić information content (AvgIpc) is 2.76. The monoisotopic (exact) mass is 259 g/mol. The SMILES string of the molecule is Cc1cccn1NC(=S)NC(=O)c1ccccc1. The van der Waals surface area contributed by atoms with Gasteiger partial charge in [0.15, 0.2) is 5.11 Å². The summed E-state index contributed by atoms with van der Waals surface area (Å²) in [5, 5.41) is 2.89. The van der Waals surface area contributed by atoms with Crippen molar-refractivity contribution in [2.24, 2.45) is 0 Å². The van der Waals surface area contributed by atoms with Crippen molar-refractivity contribution in [2.75, 3.05) is 5.43 Å². The van der Waals surface area contributed by atoms with Crippen LogP contribution in [0.25, 0.3) is 0 Å². The van der Waals surface area contributed by atoms with E-state index in [1.54, 1.807) is 16.8 Å². The van der Waals surface area contributed by atoms with Crippen LogP contribution in [0.4, 0.5) is 0 Å². The van der Waals surface area contributed by atoms with E-state index in [0.29, 0.717) is 5.56 Å². The van der Waals surface area contributed by atoms with Crippen LogP contribution >= 0.6 is 12.2 Å². The quantitative estimate of drug-likeness (QED) is 0.811. The van der Waals surface area contributed by atoms with Crippen LogP contribution in [0.1, 0.15) is 16.1 Å². The number of aromatic nitrogens is 1. The third-order valence-electron chi connectivity index (χ3n) is 2.44. The summed E-state index contributed by atoms with van der Waals surface area (Å²) in [6.07, 6.45) is 1.83. The molecule has 0 saturated heterocycles. The zero-order chi connectivity index (χ0) is 13.0. The maximum absolute atomic E-state index is 11.8. The number of rotatable bonds is 2. The van der Waals surface area contributed by atoms with Crippen molar-refractivity contribution >= 4 is 23.2 Å². The molecular formula is C13H13N3OS. The largest absolute Gasteiger partial charge is 0.298 e. The Bertz CT molecular complexity index is 563. The van der Waals surface area contributed by atoms with Gasteiger partial charge in [0.05, 0.1) is 0 Å². The number of nitrogens with zero attached hydrogens (tertiary/aromatic N) is 1.